The second-order valence-corrected chi connectivity index (χ2v) is 5.53. The fourth-order valence-electron chi connectivity index (χ4n) is 2.59. The largest absolute Gasteiger partial charge is 0.493 e. The Morgan fingerprint density at radius 1 is 1.07 bits per heavy atom. The number of methoxy groups -OCH3 is 4. The molecule has 0 fully saturated rings. The van der Waals surface area contributed by atoms with Gasteiger partial charge in [-0.15, -0.1) is 5.10 Å². The third-order valence-corrected chi connectivity index (χ3v) is 3.87. The lowest BCUT2D eigenvalue weighted by atomic mass is 10.2. The van der Waals surface area contributed by atoms with Gasteiger partial charge >= 0.3 is 6.09 Å². The Hall–Kier alpha value is -3.69. The standard InChI is InChI=1S/C18H20N4O6/c1-24-13-7-11(8-14(25-2)16(13)26-3)10-28-15-9-12(20-18(23)27-4)17-19-5-6-22(17)21-15/h5-9H,10H2,1-4H3,(H,20,23). The van der Waals surface area contributed by atoms with Gasteiger partial charge in [0, 0.05) is 18.5 Å². The Labute approximate surface area is 160 Å². The van der Waals surface area contributed by atoms with Crippen molar-refractivity contribution >= 4 is 17.4 Å². The van der Waals surface area contributed by atoms with Gasteiger partial charge in [0.25, 0.3) is 0 Å². The zero-order chi connectivity index (χ0) is 20.1. The first-order valence-corrected chi connectivity index (χ1v) is 8.20. The van der Waals surface area contributed by atoms with E-state index in [4.69, 9.17) is 18.9 Å². The van der Waals surface area contributed by atoms with E-state index in [9.17, 15) is 4.79 Å². The van der Waals surface area contributed by atoms with Gasteiger partial charge in [-0.1, -0.05) is 0 Å². The number of nitrogens with one attached hydrogen (secondary N) is 1. The van der Waals surface area contributed by atoms with Crippen LogP contribution in [-0.4, -0.2) is 49.1 Å². The molecular formula is C18H20N4O6. The van der Waals surface area contributed by atoms with Gasteiger partial charge in [-0.05, 0) is 17.7 Å². The SMILES string of the molecule is COC(=O)Nc1cc(OCc2cc(OC)c(OC)c(OC)c2)nn2ccnc12. The minimum absolute atomic E-state index is 0.182. The summed E-state index contributed by atoms with van der Waals surface area (Å²) in [6.45, 7) is 0.182. The second kappa shape index (κ2) is 8.33. The van der Waals surface area contributed by atoms with E-state index in [0.717, 1.165) is 5.56 Å². The normalized spacial score (nSPS) is 10.4. The predicted octanol–water partition coefficient (Wildman–Crippen LogP) is 2.51. The number of imidazole rings is 1. The molecule has 0 atom stereocenters. The van der Waals surface area contributed by atoms with E-state index in [-0.39, 0.29) is 12.5 Å². The lowest BCUT2D eigenvalue weighted by Crippen LogP contribution is -2.13. The number of nitrogens with zero attached hydrogens (tertiary/aromatic N) is 3. The Morgan fingerprint density at radius 3 is 2.39 bits per heavy atom. The molecule has 1 amide bonds. The second-order valence-electron chi connectivity index (χ2n) is 5.53. The van der Waals surface area contributed by atoms with E-state index in [1.165, 1.54) is 18.7 Å². The third-order valence-electron chi connectivity index (χ3n) is 3.87. The van der Waals surface area contributed by atoms with Crippen molar-refractivity contribution in [1.29, 1.82) is 0 Å². The van der Waals surface area contributed by atoms with Crippen molar-refractivity contribution in [3.8, 4) is 23.1 Å². The average Bonchev–Trinajstić information content (AvgIpc) is 3.20. The maximum absolute atomic E-state index is 11.6. The van der Waals surface area contributed by atoms with Gasteiger partial charge in [-0.3, -0.25) is 5.32 Å². The molecule has 0 aliphatic heterocycles. The average molecular weight is 388 g/mol. The van der Waals surface area contributed by atoms with Gasteiger partial charge in [0.05, 0.1) is 34.1 Å². The number of rotatable bonds is 7. The molecule has 10 nitrogen and oxygen atoms in total. The van der Waals surface area contributed by atoms with Crippen molar-refractivity contribution in [2.24, 2.45) is 0 Å². The molecule has 0 unspecified atom stereocenters. The maximum Gasteiger partial charge on any atom is 0.411 e. The lowest BCUT2D eigenvalue weighted by molar-refractivity contribution is 0.187. The number of ether oxygens (including phenoxy) is 5. The minimum atomic E-state index is -0.619. The maximum atomic E-state index is 11.6. The molecule has 1 N–H and O–H groups in total. The Balaban J connectivity index is 1.86. The molecule has 148 valence electrons. The van der Waals surface area contributed by atoms with Crippen molar-refractivity contribution < 1.29 is 28.5 Å². The molecule has 1 aromatic carbocycles. The van der Waals surface area contributed by atoms with Crippen molar-refractivity contribution in [3.05, 3.63) is 36.2 Å². The van der Waals surface area contributed by atoms with Crippen molar-refractivity contribution in [2.75, 3.05) is 33.8 Å². The molecule has 0 bridgehead atoms. The quantitative estimate of drug-likeness (QED) is 0.658. The monoisotopic (exact) mass is 388 g/mol. The summed E-state index contributed by atoms with van der Waals surface area (Å²) >= 11 is 0. The highest BCUT2D eigenvalue weighted by Crippen LogP contribution is 2.38. The smallest absolute Gasteiger partial charge is 0.411 e. The first-order valence-electron chi connectivity index (χ1n) is 8.20. The van der Waals surface area contributed by atoms with Crippen LogP contribution in [0.15, 0.2) is 30.6 Å². The number of fused-ring (bicyclic) bond motifs is 1. The van der Waals surface area contributed by atoms with Gasteiger partial charge in [0.2, 0.25) is 11.6 Å². The molecule has 2 heterocycles. The molecule has 0 radical (unpaired) electrons. The summed E-state index contributed by atoms with van der Waals surface area (Å²) in [5.41, 5.74) is 1.65. The molecule has 3 rings (SSSR count). The molecule has 2 aromatic heterocycles. The number of anilines is 1. The highest BCUT2D eigenvalue weighted by atomic mass is 16.5. The summed E-state index contributed by atoms with van der Waals surface area (Å²) in [5.74, 6) is 1.82. The minimum Gasteiger partial charge on any atom is -0.493 e. The number of amides is 1. The number of benzene rings is 1. The Bertz CT molecular complexity index is 962. The molecule has 10 heteroatoms. The van der Waals surface area contributed by atoms with E-state index in [1.54, 1.807) is 44.8 Å². The predicted molar refractivity (Wildman–Crippen MR) is 99.4 cm³/mol. The van der Waals surface area contributed by atoms with E-state index >= 15 is 0 Å². The number of hydrogen-bond donors (Lipinski definition) is 1. The summed E-state index contributed by atoms with van der Waals surface area (Å²) in [7, 11) is 5.90. The van der Waals surface area contributed by atoms with Crippen LogP contribution in [-0.2, 0) is 11.3 Å². The van der Waals surface area contributed by atoms with Crippen molar-refractivity contribution in [2.45, 2.75) is 6.61 Å². The molecule has 0 saturated carbocycles. The molecule has 0 spiro atoms. The van der Waals surface area contributed by atoms with E-state index in [2.05, 4.69) is 20.1 Å². The zero-order valence-corrected chi connectivity index (χ0v) is 15.9. The zero-order valence-electron chi connectivity index (χ0n) is 15.9. The van der Waals surface area contributed by atoms with Crippen LogP contribution in [0.2, 0.25) is 0 Å². The van der Waals surface area contributed by atoms with E-state index in [1.807, 2.05) is 0 Å². The summed E-state index contributed by atoms with van der Waals surface area (Å²) in [6.07, 6.45) is 2.59. The molecular weight excluding hydrogens is 368 g/mol. The number of carbonyl (C=O) groups excluding carboxylic acids is 1. The molecule has 0 saturated heterocycles. The summed E-state index contributed by atoms with van der Waals surface area (Å²) in [6, 6.07) is 5.13. The summed E-state index contributed by atoms with van der Waals surface area (Å²) in [5, 5.41) is 6.91. The van der Waals surface area contributed by atoms with E-state index in [0.29, 0.717) is 28.6 Å². The van der Waals surface area contributed by atoms with Crippen LogP contribution in [0, 0.1) is 0 Å². The molecule has 0 aliphatic carbocycles. The van der Waals surface area contributed by atoms with Crippen molar-refractivity contribution in [1.82, 2.24) is 14.6 Å². The number of carbonyl (C=O) groups is 1. The topological polar surface area (TPSA) is 105 Å². The van der Waals surface area contributed by atoms with Crippen LogP contribution in [0.5, 0.6) is 23.1 Å². The van der Waals surface area contributed by atoms with Crippen LogP contribution >= 0.6 is 0 Å². The van der Waals surface area contributed by atoms with Crippen LogP contribution in [0.4, 0.5) is 10.5 Å². The fraction of sp³-hybridized carbons (Fsp3) is 0.278. The third kappa shape index (κ3) is 3.85. The number of aromatic nitrogens is 3. The molecule has 28 heavy (non-hydrogen) atoms. The van der Waals surface area contributed by atoms with Gasteiger partial charge < -0.3 is 23.7 Å². The van der Waals surface area contributed by atoms with Crippen LogP contribution in [0.3, 0.4) is 0 Å². The highest BCUT2D eigenvalue weighted by Gasteiger charge is 2.15. The Morgan fingerprint density at radius 2 is 1.79 bits per heavy atom. The van der Waals surface area contributed by atoms with E-state index < -0.39 is 6.09 Å². The Kier molecular flexibility index (Phi) is 5.68. The summed E-state index contributed by atoms with van der Waals surface area (Å²) in [4.78, 5) is 15.7. The van der Waals surface area contributed by atoms with Gasteiger partial charge in [-0.2, -0.15) is 0 Å². The fourth-order valence-corrected chi connectivity index (χ4v) is 2.59. The van der Waals surface area contributed by atoms with Crippen LogP contribution in [0.1, 0.15) is 5.56 Å². The first kappa shape index (κ1) is 19.1. The molecule has 3 aromatic rings. The number of hydrogen-bond acceptors (Lipinski definition) is 8. The van der Waals surface area contributed by atoms with Crippen molar-refractivity contribution in [3.63, 3.8) is 0 Å². The summed E-state index contributed by atoms with van der Waals surface area (Å²) < 4.78 is 27.9. The highest BCUT2D eigenvalue weighted by molar-refractivity contribution is 5.89. The van der Waals surface area contributed by atoms with Crippen LogP contribution in [0.25, 0.3) is 5.65 Å². The van der Waals surface area contributed by atoms with Crippen LogP contribution < -0.4 is 24.3 Å². The lowest BCUT2D eigenvalue weighted by Gasteiger charge is -2.14. The molecule has 0 aliphatic rings. The first-order chi connectivity index (χ1) is 13.6. The van der Waals surface area contributed by atoms with Gasteiger partial charge in [0.15, 0.2) is 17.1 Å². The van der Waals surface area contributed by atoms with Gasteiger partial charge in [-0.25, -0.2) is 14.3 Å². The van der Waals surface area contributed by atoms with Gasteiger partial charge in [0.1, 0.15) is 6.61 Å².